The number of carbonyl (C=O) groups excluding carboxylic acids is 1. The van der Waals surface area contributed by atoms with Gasteiger partial charge in [0.05, 0.1) is 24.0 Å². The van der Waals surface area contributed by atoms with Crippen LogP contribution in [0, 0.1) is 11.8 Å². The largest absolute Gasteiger partial charge is 0.495 e. The first-order valence-corrected chi connectivity index (χ1v) is 7.08. The Morgan fingerprint density at radius 3 is 2.77 bits per heavy atom. The third kappa shape index (κ3) is 3.84. The van der Waals surface area contributed by atoms with E-state index in [2.05, 4.69) is 10.6 Å². The average molecular weight is 337 g/mol. The zero-order chi connectivity index (χ0) is 16.3. The highest BCUT2D eigenvalue weighted by Crippen LogP contribution is 2.34. The molecule has 1 aliphatic rings. The summed E-state index contributed by atoms with van der Waals surface area (Å²) in [4.78, 5) is 12.0. The summed E-state index contributed by atoms with van der Waals surface area (Å²) in [5.74, 6) is -2.87. The molecule has 1 saturated heterocycles. The van der Waals surface area contributed by atoms with Gasteiger partial charge < -0.3 is 15.4 Å². The van der Waals surface area contributed by atoms with Gasteiger partial charge in [-0.3, -0.25) is 4.79 Å². The maximum absolute atomic E-state index is 12.8. The van der Waals surface area contributed by atoms with Crippen molar-refractivity contribution < 1.29 is 22.7 Å². The Hall–Kier alpha value is -1.47. The fourth-order valence-corrected chi connectivity index (χ4v) is 2.72. The van der Waals surface area contributed by atoms with E-state index >= 15 is 0 Å². The second-order valence-electron chi connectivity index (χ2n) is 5.10. The van der Waals surface area contributed by atoms with Gasteiger partial charge in [-0.2, -0.15) is 13.2 Å². The van der Waals surface area contributed by atoms with Crippen LogP contribution in [0.25, 0.3) is 0 Å². The van der Waals surface area contributed by atoms with E-state index in [9.17, 15) is 18.0 Å². The first kappa shape index (κ1) is 16.9. The zero-order valence-electron chi connectivity index (χ0n) is 11.8. The molecule has 0 saturated carbocycles. The SMILES string of the molecule is COc1ccc(CNC(=O)[C@@H]2CNC[C@H]2C(F)(F)F)cc1Cl. The van der Waals surface area contributed by atoms with Crippen LogP contribution in [0.2, 0.25) is 5.02 Å². The van der Waals surface area contributed by atoms with Crippen LogP contribution in [-0.2, 0) is 11.3 Å². The van der Waals surface area contributed by atoms with Crippen molar-refractivity contribution in [2.75, 3.05) is 20.2 Å². The van der Waals surface area contributed by atoms with Crippen molar-refractivity contribution in [3.63, 3.8) is 0 Å². The number of carbonyl (C=O) groups is 1. The lowest BCUT2D eigenvalue weighted by atomic mass is 9.94. The monoisotopic (exact) mass is 336 g/mol. The van der Waals surface area contributed by atoms with Crippen LogP contribution < -0.4 is 15.4 Å². The molecule has 0 radical (unpaired) electrons. The third-order valence-corrected chi connectivity index (χ3v) is 3.95. The Morgan fingerprint density at radius 1 is 1.45 bits per heavy atom. The molecule has 2 N–H and O–H groups in total. The normalized spacial score (nSPS) is 21.7. The molecular formula is C14H16ClF3N2O2. The number of ether oxygens (including phenoxy) is 1. The number of nitrogens with one attached hydrogen (secondary N) is 2. The highest BCUT2D eigenvalue weighted by Gasteiger charge is 2.49. The Bertz CT molecular complexity index is 551. The highest BCUT2D eigenvalue weighted by molar-refractivity contribution is 6.32. The van der Waals surface area contributed by atoms with E-state index in [0.717, 1.165) is 0 Å². The van der Waals surface area contributed by atoms with Gasteiger partial charge in [0.25, 0.3) is 0 Å². The van der Waals surface area contributed by atoms with Crippen molar-refractivity contribution >= 4 is 17.5 Å². The predicted octanol–water partition coefficient (Wildman–Crippen LogP) is 2.36. The third-order valence-electron chi connectivity index (χ3n) is 3.65. The number of alkyl halides is 3. The molecule has 0 bridgehead atoms. The van der Waals surface area contributed by atoms with Gasteiger partial charge >= 0.3 is 6.18 Å². The van der Waals surface area contributed by atoms with E-state index < -0.39 is 23.9 Å². The van der Waals surface area contributed by atoms with Gasteiger partial charge in [0.1, 0.15) is 5.75 Å². The van der Waals surface area contributed by atoms with Gasteiger partial charge in [0, 0.05) is 19.6 Å². The number of methoxy groups -OCH3 is 1. The van der Waals surface area contributed by atoms with Crippen LogP contribution in [0.5, 0.6) is 5.75 Å². The number of hydrogen-bond acceptors (Lipinski definition) is 3. The molecule has 0 unspecified atom stereocenters. The van der Waals surface area contributed by atoms with Gasteiger partial charge in [-0.05, 0) is 17.7 Å². The van der Waals surface area contributed by atoms with Crippen LogP contribution in [0.1, 0.15) is 5.56 Å². The molecule has 0 aromatic heterocycles. The second kappa shape index (κ2) is 6.75. The van der Waals surface area contributed by atoms with E-state index in [1.54, 1.807) is 18.2 Å². The van der Waals surface area contributed by atoms with Crippen molar-refractivity contribution in [1.29, 1.82) is 0 Å². The molecule has 1 aromatic carbocycles. The number of benzene rings is 1. The van der Waals surface area contributed by atoms with Crippen molar-refractivity contribution in [1.82, 2.24) is 10.6 Å². The Kier molecular flexibility index (Phi) is 5.18. The molecule has 1 aliphatic heterocycles. The van der Waals surface area contributed by atoms with E-state index in [-0.39, 0.29) is 19.6 Å². The topological polar surface area (TPSA) is 50.4 Å². The van der Waals surface area contributed by atoms with Gasteiger partial charge in [-0.1, -0.05) is 17.7 Å². The first-order chi connectivity index (χ1) is 10.3. The lowest BCUT2D eigenvalue weighted by Gasteiger charge is -2.20. The van der Waals surface area contributed by atoms with Crippen LogP contribution in [0.4, 0.5) is 13.2 Å². The quantitative estimate of drug-likeness (QED) is 0.887. The Morgan fingerprint density at radius 2 is 2.18 bits per heavy atom. The average Bonchev–Trinajstić information content (AvgIpc) is 2.94. The van der Waals surface area contributed by atoms with Crippen LogP contribution in [0.15, 0.2) is 18.2 Å². The fraction of sp³-hybridized carbons (Fsp3) is 0.500. The van der Waals surface area contributed by atoms with Crippen molar-refractivity contribution in [3.05, 3.63) is 28.8 Å². The number of hydrogen-bond donors (Lipinski definition) is 2. The molecular weight excluding hydrogens is 321 g/mol. The second-order valence-corrected chi connectivity index (χ2v) is 5.51. The molecule has 1 heterocycles. The van der Waals surface area contributed by atoms with Crippen molar-refractivity contribution in [2.45, 2.75) is 12.7 Å². The van der Waals surface area contributed by atoms with Gasteiger partial charge in [-0.25, -0.2) is 0 Å². The van der Waals surface area contributed by atoms with E-state index in [4.69, 9.17) is 16.3 Å². The lowest BCUT2D eigenvalue weighted by molar-refractivity contribution is -0.182. The number of halogens is 4. The molecule has 22 heavy (non-hydrogen) atoms. The van der Waals surface area contributed by atoms with E-state index in [0.29, 0.717) is 16.3 Å². The van der Waals surface area contributed by atoms with Crippen LogP contribution in [-0.4, -0.2) is 32.3 Å². The van der Waals surface area contributed by atoms with Crippen molar-refractivity contribution in [2.24, 2.45) is 11.8 Å². The van der Waals surface area contributed by atoms with E-state index in [1.165, 1.54) is 7.11 Å². The summed E-state index contributed by atoms with van der Waals surface area (Å²) in [5.41, 5.74) is 0.689. The molecule has 2 rings (SSSR count). The van der Waals surface area contributed by atoms with Gasteiger partial charge in [0.15, 0.2) is 0 Å². The Labute approximate surface area is 131 Å². The molecule has 8 heteroatoms. The first-order valence-electron chi connectivity index (χ1n) is 6.70. The standard InChI is InChI=1S/C14H16ClF3N2O2/c1-22-12-3-2-8(4-11(12)15)5-20-13(21)9-6-19-7-10(9)14(16,17)18/h2-4,9-10,19H,5-7H2,1H3,(H,20,21)/t9-,10-/m1/s1. The van der Waals surface area contributed by atoms with Gasteiger partial charge in [0.2, 0.25) is 5.91 Å². The molecule has 122 valence electrons. The summed E-state index contributed by atoms with van der Waals surface area (Å²) >= 11 is 5.96. The summed E-state index contributed by atoms with van der Waals surface area (Å²) in [6.07, 6.45) is -4.38. The summed E-state index contributed by atoms with van der Waals surface area (Å²) in [7, 11) is 1.48. The minimum Gasteiger partial charge on any atom is -0.495 e. The molecule has 2 atom stereocenters. The predicted molar refractivity (Wildman–Crippen MR) is 75.8 cm³/mol. The minimum atomic E-state index is -4.38. The fourth-order valence-electron chi connectivity index (χ4n) is 2.44. The number of rotatable bonds is 4. The minimum absolute atomic E-state index is 0.0272. The van der Waals surface area contributed by atoms with Gasteiger partial charge in [-0.15, -0.1) is 0 Å². The Balaban J connectivity index is 1.96. The van der Waals surface area contributed by atoms with Crippen LogP contribution in [0.3, 0.4) is 0 Å². The van der Waals surface area contributed by atoms with Crippen LogP contribution >= 0.6 is 11.6 Å². The summed E-state index contributed by atoms with van der Waals surface area (Å²) in [6.45, 7) is -0.0844. The lowest BCUT2D eigenvalue weighted by Crippen LogP contribution is -2.39. The molecule has 0 aliphatic carbocycles. The molecule has 4 nitrogen and oxygen atoms in total. The molecule has 1 amide bonds. The molecule has 0 spiro atoms. The summed E-state index contributed by atoms with van der Waals surface area (Å²) in [5, 5.41) is 5.52. The zero-order valence-corrected chi connectivity index (χ0v) is 12.6. The summed E-state index contributed by atoms with van der Waals surface area (Å²) < 4.78 is 43.5. The summed E-state index contributed by atoms with van der Waals surface area (Å²) in [6, 6.07) is 4.94. The maximum Gasteiger partial charge on any atom is 0.393 e. The van der Waals surface area contributed by atoms with E-state index in [1.807, 2.05) is 0 Å². The van der Waals surface area contributed by atoms with Crippen molar-refractivity contribution in [3.8, 4) is 5.75 Å². The molecule has 1 fully saturated rings. The highest BCUT2D eigenvalue weighted by atomic mass is 35.5. The molecule has 1 aromatic rings. The smallest absolute Gasteiger partial charge is 0.393 e. The number of amides is 1. The maximum atomic E-state index is 12.8.